The Morgan fingerprint density at radius 1 is 1.33 bits per heavy atom. The van der Waals surface area contributed by atoms with Gasteiger partial charge in [0.05, 0.1) is 11.1 Å². The lowest BCUT2D eigenvalue weighted by Crippen LogP contribution is -2.01. The van der Waals surface area contributed by atoms with Crippen molar-refractivity contribution in [3.8, 4) is 11.5 Å². The van der Waals surface area contributed by atoms with E-state index in [4.69, 9.17) is 4.42 Å². The highest BCUT2D eigenvalue weighted by molar-refractivity contribution is 9.10. The summed E-state index contributed by atoms with van der Waals surface area (Å²) in [5.74, 6) is -1.19. The summed E-state index contributed by atoms with van der Waals surface area (Å²) in [5.41, 5.74) is 1.39. The van der Waals surface area contributed by atoms with Gasteiger partial charge in [0.2, 0.25) is 0 Å². The highest BCUT2D eigenvalue weighted by Crippen LogP contribution is 2.29. The van der Waals surface area contributed by atoms with E-state index in [1.54, 1.807) is 19.1 Å². The molecule has 0 fully saturated rings. The molecule has 0 unspecified atom stereocenters. The molecule has 0 aliphatic heterocycles. The Morgan fingerprint density at radius 3 is 2.71 bits per heavy atom. The van der Waals surface area contributed by atoms with Crippen molar-refractivity contribution < 1.29 is 18.7 Å². The Balaban J connectivity index is 2.37. The van der Waals surface area contributed by atoms with Gasteiger partial charge in [0.1, 0.15) is 11.5 Å². The fourth-order valence-electron chi connectivity index (χ4n) is 2.21. The molecule has 1 aromatic carbocycles. The van der Waals surface area contributed by atoms with Crippen LogP contribution in [-0.2, 0) is 0 Å². The van der Waals surface area contributed by atoms with Crippen molar-refractivity contribution >= 4 is 32.8 Å². The summed E-state index contributed by atoms with van der Waals surface area (Å²) < 4.78 is 19.4. The van der Waals surface area contributed by atoms with Crippen LogP contribution < -0.4 is 0 Å². The predicted octanol–water partition coefficient (Wildman–Crippen LogP) is 4.40. The van der Waals surface area contributed by atoms with Crippen LogP contribution in [-0.4, -0.2) is 16.1 Å². The third kappa shape index (κ3) is 2.42. The first-order chi connectivity index (χ1) is 9.95. The van der Waals surface area contributed by atoms with E-state index in [1.165, 1.54) is 18.2 Å². The molecule has 4 nitrogen and oxygen atoms in total. The standard InChI is InChI=1S/C15H9BrFNO3/c1-7-4-8(17)5-9-10(15(19)20)6-11(18-14(7)9)12-2-3-13(16)21-12/h2-6H,1H3,(H,19,20). The van der Waals surface area contributed by atoms with Gasteiger partial charge in [-0.05, 0) is 58.7 Å². The van der Waals surface area contributed by atoms with Gasteiger partial charge < -0.3 is 9.52 Å². The van der Waals surface area contributed by atoms with Crippen LogP contribution in [0.15, 0.2) is 39.4 Å². The summed E-state index contributed by atoms with van der Waals surface area (Å²) in [6.07, 6.45) is 0. The number of halogens is 2. The van der Waals surface area contributed by atoms with Crippen LogP contribution in [0.1, 0.15) is 15.9 Å². The van der Waals surface area contributed by atoms with Crippen molar-refractivity contribution in [2.75, 3.05) is 0 Å². The molecule has 0 atom stereocenters. The number of carboxylic acid groups (broad SMARTS) is 1. The average molecular weight is 350 g/mol. The quantitative estimate of drug-likeness (QED) is 0.744. The number of rotatable bonds is 2. The first-order valence-corrected chi connectivity index (χ1v) is 6.85. The summed E-state index contributed by atoms with van der Waals surface area (Å²) in [7, 11) is 0. The van der Waals surface area contributed by atoms with Gasteiger partial charge in [-0.15, -0.1) is 0 Å². The molecule has 0 radical (unpaired) electrons. The van der Waals surface area contributed by atoms with E-state index >= 15 is 0 Å². The molecule has 0 aliphatic carbocycles. The fraction of sp³-hybridized carbons (Fsp3) is 0.0667. The van der Waals surface area contributed by atoms with Crippen LogP contribution >= 0.6 is 15.9 Å². The topological polar surface area (TPSA) is 63.3 Å². The third-order valence-electron chi connectivity index (χ3n) is 3.12. The number of furan rings is 1. The number of hydrogen-bond donors (Lipinski definition) is 1. The largest absolute Gasteiger partial charge is 0.478 e. The Morgan fingerprint density at radius 2 is 2.10 bits per heavy atom. The van der Waals surface area contributed by atoms with Crippen LogP contribution in [0.2, 0.25) is 0 Å². The molecule has 106 valence electrons. The first kappa shape index (κ1) is 13.8. The Bertz CT molecular complexity index is 873. The molecule has 6 heteroatoms. The molecule has 0 bridgehead atoms. The smallest absolute Gasteiger partial charge is 0.336 e. The summed E-state index contributed by atoms with van der Waals surface area (Å²) in [6, 6.07) is 7.26. The van der Waals surface area contributed by atoms with Gasteiger partial charge in [0.25, 0.3) is 0 Å². The van der Waals surface area contributed by atoms with Crippen LogP contribution in [0, 0.1) is 12.7 Å². The molecule has 0 amide bonds. The van der Waals surface area contributed by atoms with Gasteiger partial charge >= 0.3 is 5.97 Å². The Kier molecular flexibility index (Phi) is 3.25. The van der Waals surface area contributed by atoms with E-state index in [1.807, 2.05) is 0 Å². The van der Waals surface area contributed by atoms with Gasteiger partial charge in [0.15, 0.2) is 10.4 Å². The van der Waals surface area contributed by atoms with Crippen LogP contribution in [0.3, 0.4) is 0 Å². The van der Waals surface area contributed by atoms with Crippen molar-refractivity contribution in [3.63, 3.8) is 0 Å². The average Bonchev–Trinajstić information content (AvgIpc) is 2.84. The van der Waals surface area contributed by atoms with Gasteiger partial charge in [-0.3, -0.25) is 0 Å². The highest BCUT2D eigenvalue weighted by atomic mass is 79.9. The minimum Gasteiger partial charge on any atom is -0.478 e. The summed E-state index contributed by atoms with van der Waals surface area (Å²) in [5, 5.41) is 9.62. The second-order valence-corrected chi connectivity index (χ2v) is 5.36. The lowest BCUT2D eigenvalue weighted by atomic mass is 10.0. The second-order valence-electron chi connectivity index (χ2n) is 4.58. The maximum absolute atomic E-state index is 13.5. The van der Waals surface area contributed by atoms with Crippen LogP contribution in [0.4, 0.5) is 4.39 Å². The maximum atomic E-state index is 13.5. The maximum Gasteiger partial charge on any atom is 0.336 e. The molecule has 2 heterocycles. The number of pyridine rings is 1. The van der Waals surface area contributed by atoms with E-state index < -0.39 is 11.8 Å². The molecule has 1 N–H and O–H groups in total. The minimum absolute atomic E-state index is 0.00915. The van der Waals surface area contributed by atoms with Crippen LogP contribution in [0.25, 0.3) is 22.4 Å². The van der Waals surface area contributed by atoms with Crippen molar-refractivity contribution in [2.24, 2.45) is 0 Å². The molecule has 3 aromatic rings. The summed E-state index contributed by atoms with van der Waals surface area (Å²) in [6.45, 7) is 1.69. The van der Waals surface area contributed by atoms with Crippen molar-refractivity contribution in [2.45, 2.75) is 6.92 Å². The minimum atomic E-state index is -1.14. The number of benzene rings is 1. The molecule has 2 aromatic heterocycles. The summed E-state index contributed by atoms with van der Waals surface area (Å²) in [4.78, 5) is 15.8. The number of hydrogen-bond acceptors (Lipinski definition) is 3. The Hall–Kier alpha value is -2.21. The van der Waals surface area contributed by atoms with Crippen molar-refractivity contribution in [1.82, 2.24) is 4.98 Å². The lowest BCUT2D eigenvalue weighted by Gasteiger charge is -2.08. The molecular weight excluding hydrogens is 341 g/mol. The molecule has 21 heavy (non-hydrogen) atoms. The van der Waals surface area contributed by atoms with E-state index in [9.17, 15) is 14.3 Å². The van der Waals surface area contributed by atoms with Gasteiger partial charge in [0, 0.05) is 5.39 Å². The monoisotopic (exact) mass is 349 g/mol. The predicted molar refractivity (Wildman–Crippen MR) is 78.8 cm³/mol. The first-order valence-electron chi connectivity index (χ1n) is 6.05. The van der Waals surface area contributed by atoms with Gasteiger partial charge in [-0.1, -0.05) is 0 Å². The highest BCUT2D eigenvalue weighted by Gasteiger charge is 2.16. The zero-order valence-corrected chi connectivity index (χ0v) is 12.4. The van der Waals surface area contributed by atoms with Crippen molar-refractivity contribution in [1.29, 1.82) is 0 Å². The number of fused-ring (bicyclic) bond motifs is 1. The number of nitrogens with zero attached hydrogens (tertiary/aromatic N) is 1. The van der Waals surface area contributed by atoms with Crippen LogP contribution in [0.5, 0.6) is 0 Å². The van der Waals surface area contributed by atoms with E-state index in [0.29, 0.717) is 27.2 Å². The van der Waals surface area contributed by atoms with Crippen molar-refractivity contribution in [3.05, 3.63) is 51.9 Å². The second kappa shape index (κ2) is 4.96. The molecule has 0 spiro atoms. The molecule has 0 saturated carbocycles. The number of carbonyl (C=O) groups is 1. The summed E-state index contributed by atoms with van der Waals surface area (Å²) >= 11 is 3.19. The SMILES string of the molecule is Cc1cc(F)cc2c(C(=O)O)cc(-c3ccc(Br)o3)nc12. The third-order valence-corrected chi connectivity index (χ3v) is 3.55. The van der Waals surface area contributed by atoms with Gasteiger partial charge in [-0.2, -0.15) is 0 Å². The molecule has 0 saturated heterocycles. The number of aromatic carboxylic acids is 1. The zero-order chi connectivity index (χ0) is 15.1. The van der Waals surface area contributed by atoms with E-state index in [-0.39, 0.29) is 10.9 Å². The molecule has 0 aliphatic rings. The zero-order valence-electron chi connectivity index (χ0n) is 10.9. The number of carboxylic acids is 1. The normalized spacial score (nSPS) is 11.0. The van der Waals surface area contributed by atoms with Gasteiger partial charge in [-0.25, -0.2) is 14.2 Å². The fourth-order valence-corrected chi connectivity index (χ4v) is 2.52. The van der Waals surface area contributed by atoms with E-state index in [0.717, 1.165) is 0 Å². The number of aromatic nitrogens is 1. The number of aryl methyl sites for hydroxylation is 1. The van der Waals surface area contributed by atoms with E-state index in [2.05, 4.69) is 20.9 Å². The lowest BCUT2D eigenvalue weighted by molar-refractivity contribution is 0.0699. The Labute approximate surface area is 127 Å². The molecular formula is C15H9BrFNO3. The molecule has 3 rings (SSSR count).